The number of hydrogen-bond donors (Lipinski definition) is 1. The Bertz CT molecular complexity index is 509. The van der Waals surface area contributed by atoms with E-state index in [4.69, 9.17) is 0 Å². The maximum atomic E-state index is 12.7. The lowest BCUT2D eigenvalue weighted by Crippen LogP contribution is -2.49. The van der Waals surface area contributed by atoms with Gasteiger partial charge in [0.25, 0.3) is 0 Å². The number of benzene rings is 1. The van der Waals surface area contributed by atoms with Gasteiger partial charge in [-0.25, -0.2) is 0 Å². The number of likely N-dealkylation sites (tertiary alicyclic amines) is 1. The molecule has 6 heteroatoms. The van der Waals surface area contributed by atoms with Crippen molar-refractivity contribution in [2.24, 2.45) is 0 Å². The van der Waals surface area contributed by atoms with Crippen molar-refractivity contribution < 1.29 is 13.2 Å². The third kappa shape index (κ3) is 3.87. The van der Waals surface area contributed by atoms with E-state index >= 15 is 0 Å². The summed E-state index contributed by atoms with van der Waals surface area (Å²) in [7, 11) is 0. The molecule has 2 atom stereocenters. The molecular weight excluding hydrogens is 303 g/mol. The summed E-state index contributed by atoms with van der Waals surface area (Å²) in [6.45, 7) is 8.37. The van der Waals surface area contributed by atoms with Gasteiger partial charge in [0, 0.05) is 51.4 Å². The molecule has 3 nitrogen and oxygen atoms in total. The first-order chi connectivity index (χ1) is 10.9. The second kappa shape index (κ2) is 6.79. The van der Waals surface area contributed by atoms with Gasteiger partial charge in [0.2, 0.25) is 0 Å². The number of piperazine rings is 1. The van der Waals surface area contributed by atoms with E-state index in [0.29, 0.717) is 6.04 Å². The molecule has 128 valence electrons. The van der Waals surface area contributed by atoms with Gasteiger partial charge in [0.1, 0.15) is 0 Å². The maximum Gasteiger partial charge on any atom is 0.416 e. The molecule has 2 aliphatic rings. The highest BCUT2D eigenvalue weighted by Crippen LogP contribution is 2.32. The minimum atomic E-state index is -4.26. The van der Waals surface area contributed by atoms with Crippen molar-refractivity contribution >= 4 is 0 Å². The van der Waals surface area contributed by atoms with Crippen LogP contribution in [-0.4, -0.2) is 55.1 Å². The second-order valence-corrected chi connectivity index (χ2v) is 6.52. The van der Waals surface area contributed by atoms with Crippen molar-refractivity contribution in [2.75, 3.05) is 39.3 Å². The van der Waals surface area contributed by atoms with E-state index in [1.165, 1.54) is 12.1 Å². The topological polar surface area (TPSA) is 18.5 Å². The molecule has 2 aliphatic heterocycles. The summed E-state index contributed by atoms with van der Waals surface area (Å²) in [5.74, 6) is 0. The lowest BCUT2D eigenvalue weighted by molar-refractivity contribution is -0.137. The highest BCUT2D eigenvalue weighted by Gasteiger charge is 2.32. The molecule has 0 spiro atoms. The van der Waals surface area contributed by atoms with Crippen LogP contribution in [0.25, 0.3) is 0 Å². The summed E-state index contributed by atoms with van der Waals surface area (Å²) in [5.41, 5.74) is 0.382. The highest BCUT2D eigenvalue weighted by molar-refractivity contribution is 5.26. The van der Waals surface area contributed by atoms with E-state index in [-0.39, 0.29) is 6.04 Å². The van der Waals surface area contributed by atoms with Gasteiger partial charge >= 0.3 is 6.18 Å². The molecule has 0 aromatic heterocycles. The van der Waals surface area contributed by atoms with Crippen molar-refractivity contribution in [2.45, 2.75) is 31.6 Å². The average molecular weight is 327 g/mol. The van der Waals surface area contributed by atoms with E-state index in [2.05, 4.69) is 22.0 Å². The Morgan fingerprint density at radius 2 is 1.74 bits per heavy atom. The zero-order chi connectivity index (χ0) is 16.4. The van der Waals surface area contributed by atoms with Crippen LogP contribution >= 0.6 is 0 Å². The van der Waals surface area contributed by atoms with Crippen LogP contribution in [0, 0.1) is 0 Å². The SMILES string of the molecule is CC(c1ccc(C(F)(F)F)cc1)N1CCC(N2CCNCC2)C1. The van der Waals surface area contributed by atoms with Gasteiger partial charge in [-0.05, 0) is 31.0 Å². The Kier molecular flexibility index (Phi) is 4.94. The van der Waals surface area contributed by atoms with Gasteiger partial charge in [-0.15, -0.1) is 0 Å². The van der Waals surface area contributed by atoms with Crippen LogP contribution < -0.4 is 5.32 Å². The minimum absolute atomic E-state index is 0.158. The van der Waals surface area contributed by atoms with E-state index in [1.54, 1.807) is 12.1 Å². The molecule has 0 aliphatic carbocycles. The molecule has 1 aromatic rings. The van der Waals surface area contributed by atoms with Crippen molar-refractivity contribution in [3.8, 4) is 0 Å². The molecule has 2 saturated heterocycles. The van der Waals surface area contributed by atoms with Crippen LogP contribution in [0.4, 0.5) is 13.2 Å². The van der Waals surface area contributed by atoms with Crippen LogP contribution in [0.3, 0.4) is 0 Å². The first kappa shape index (κ1) is 16.7. The predicted octanol–water partition coefficient (Wildman–Crippen LogP) is 2.75. The van der Waals surface area contributed by atoms with Gasteiger partial charge < -0.3 is 5.32 Å². The summed E-state index contributed by atoms with van der Waals surface area (Å²) in [6.07, 6.45) is -3.12. The van der Waals surface area contributed by atoms with Crippen molar-refractivity contribution in [1.82, 2.24) is 15.1 Å². The molecule has 2 unspecified atom stereocenters. The van der Waals surface area contributed by atoms with Gasteiger partial charge in [-0.1, -0.05) is 12.1 Å². The second-order valence-electron chi connectivity index (χ2n) is 6.52. The van der Waals surface area contributed by atoms with E-state index in [9.17, 15) is 13.2 Å². The summed E-state index contributed by atoms with van der Waals surface area (Å²) in [4.78, 5) is 4.92. The zero-order valence-corrected chi connectivity index (χ0v) is 13.4. The number of nitrogens with zero attached hydrogens (tertiary/aromatic N) is 2. The molecule has 0 radical (unpaired) electrons. The fourth-order valence-electron chi connectivity index (χ4n) is 3.63. The predicted molar refractivity (Wildman–Crippen MR) is 84.3 cm³/mol. The monoisotopic (exact) mass is 327 g/mol. The van der Waals surface area contributed by atoms with Crippen LogP contribution in [-0.2, 0) is 6.18 Å². The largest absolute Gasteiger partial charge is 0.416 e. The fraction of sp³-hybridized carbons (Fsp3) is 0.647. The summed E-state index contributed by atoms with van der Waals surface area (Å²) in [6, 6.07) is 6.35. The van der Waals surface area contributed by atoms with Crippen LogP contribution in [0.15, 0.2) is 24.3 Å². The number of hydrogen-bond acceptors (Lipinski definition) is 3. The Morgan fingerprint density at radius 3 is 2.35 bits per heavy atom. The Morgan fingerprint density at radius 1 is 1.09 bits per heavy atom. The first-order valence-electron chi connectivity index (χ1n) is 8.31. The molecule has 0 saturated carbocycles. The molecule has 2 heterocycles. The number of rotatable bonds is 3. The molecule has 1 aromatic carbocycles. The van der Waals surface area contributed by atoms with Gasteiger partial charge in [0.15, 0.2) is 0 Å². The van der Waals surface area contributed by atoms with Crippen molar-refractivity contribution in [3.63, 3.8) is 0 Å². The molecule has 0 bridgehead atoms. The Hall–Kier alpha value is -1.11. The lowest BCUT2D eigenvalue weighted by atomic mass is 10.0. The highest BCUT2D eigenvalue weighted by atomic mass is 19.4. The quantitative estimate of drug-likeness (QED) is 0.921. The van der Waals surface area contributed by atoms with Gasteiger partial charge in [-0.2, -0.15) is 13.2 Å². The molecule has 1 N–H and O–H groups in total. The average Bonchev–Trinajstić information content (AvgIpc) is 3.04. The lowest BCUT2D eigenvalue weighted by Gasteiger charge is -2.33. The Balaban J connectivity index is 1.61. The third-order valence-electron chi connectivity index (χ3n) is 5.13. The molecule has 3 rings (SSSR count). The number of alkyl halides is 3. The normalized spacial score (nSPS) is 25.7. The Labute approximate surface area is 135 Å². The number of nitrogens with one attached hydrogen (secondary N) is 1. The van der Waals surface area contributed by atoms with E-state index in [1.807, 2.05) is 0 Å². The molecular formula is C17H24F3N3. The minimum Gasteiger partial charge on any atom is -0.314 e. The first-order valence-corrected chi connectivity index (χ1v) is 8.31. The van der Waals surface area contributed by atoms with Crippen LogP contribution in [0.1, 0.15) is 30.5 Å². The van der Waals surface area contributed by atoms with Crippen LogP contribution in [0.5, 0.6) is 0 Å². The molecule has 23 heavy (non-hydrogen) atoms. The molecule has 2 fully saturated rings. The smallest absolute Gasteiger partial charge is 0.314 e. The number of halogens is 3. The summed E-state index contributed by atoms with van der Waals surface area (Å²) < 4.78 is 38.0. The summed E-state index contributed by atoms with van der Waals surface area (Å²) in [5, 5.41) is 3.37. The van der Waals surface area contributed by atoms with Gasteiger partial charge in [0.05, 0.1) is 5.56 Å². The third-order valence-corrected chi connectivity index (χ3v) is 5.13. The maximum absolute atomic E-state index is 12.7. The van der Waals surface area contributed by atoms with E-state index in [0.717, 1.165) is 51.3 Å². The fourth-order valence-corrected chi connectivity index (χ4v) is 3.63. The van der Waals surface area contributed by atoms with Crippen molar-refractivity contribution in [1.29, 1.82) is 0 Å². The zero-order valence-electron chi connectivity index (χ0n) is 13.4. The summed E-state index contributed by atoms with van der Waals surface area (Å²) >= 11 is 0. The van der Waals surface area contributed by atoms with Crippen molar-refractivity contribution in [3.05, 3.63) is 35.4 Å². The van der Waals surface area contributed by atoms with Gasteiger partial charge in [-0.3, -0.25) is 9.80 Å². The van der Waals surface area contributed by atoms with E-state index < -0.39 is 11.7 Å². The van der Waals surface area contributed by atoms with Crippen LogP contribution in [0.2, 0.25) is 0 Å². The molecule has 0 amide bonds. The standard InChI is InChI=1S/C17H24F3N3/c1-13(14-2-4-15(5-3-14)17(18,19)20)23-9-6-16(12-23)22-10-7-21-8-11-22/h2-5,13,16,21H,6-12H2,1H3.